The number of fused-ring (bicyclic) bond motifs is 1. The van der Waals surface area contributed by atoms with E-state index in [2.05, 4.69) is 0 Å². The highest BCUT2D eigenvalue weighted by Gasteiger charge is 2.60. The highest BCUT2D eigenvalue weighted by molar-refractivity contribution is 7.48. The molecule has 0 aromatic heterocycles. The second-order valence-electron chi connectivity index (χ2n) is 9.38. The number of hydrogen-bond donors (Lipinski definition) is 1. The molecule has 1 amide bonds. The standard InChI is InChI=1S/C21H33N2O9P/c1-12(2)15(19(26)30-13(3)4)7-9-28-33(27)29-11-16-18(32-33)21(5,22)20(31-16)23-8-6-14(24)10-17(23)25/h6,8,12-13,15-16,18,20H,7,9-11,22H2,1-5H3/t15?,16-,18-,20-,21-,33+/m1/s1. The quantitative estimate of drug-likeness (QED) is 0.306. The van der Waals surface area contributed by atoms with Gasteiger partial charge in [0.2, 0.25) is 5.91 Å². The van der Waals surface area contributed by atoms with E-state index in [4.69, 9.17) is 28.8 Å². The van der Waals surface area contributed by atoms with Crippen LogP contribution in [0.2, 0.25) is 0 Å². The van der Waals surface area contributed by atoms with E-state index >= 15 is 0 Å². The van der Waals surface area contributed by atoms with Crippen molar-refractivity contribution in [2.24, 2.45) is 17.6 Å². The summed E-state index contributed by atoms with van der Waals surface area (Å²) in [5.74, 6) is -1.53. The van der Waals surface area contributed by atoms with Gasteiger partial charge in [0.25, 0.3) is 0 Å². The van der Waals surface area contributed by atoms with Crippen LogP contribution in [0.15, 0.2) is 12.3 Å². The zero-order chi connectivity index (χ0) is 24.6. The third-order valence-electron chi connectivity index (χ3n) is 5.85. The summed E-state index contributed by atoms with van der Waals surface area (Å²) in [4.78, 5) is 37.4. The van der Waals surface area contributed by atoms with Crippen LogP contribution in [0.1, 0.15) is 47.5 Å². The van der Waals surface area contributed by atoms with Gasteiger partial charge in [0.1, 0.15) is 12.2 Å². The second kappa shape index (κ2) is 9.93. The molecule has 12 heteroatoms. The molecule has 3 rings (SSSR count). The number of nitrogens with two attached hydrogens (primary N) is 1. The van der Waals surface area contributed by atoms with Gasteiger partial charge in [-0.1, -0.05) is 13.8 Å². The van der Waals surface area contributed by atoms with Crippen LogP contribution in [0, 0.1) is 11.8 Å². The number of carbonyl (C=O) groups excluding carboxylic acids is 3. The Kier molecular flexibility index (Phi) is 7.82. The van der Waals surface area contributed by atoms with Gasteiger partial charge in [-0.2, -0.15) is 0 Å². The minimum absolute atomic E-state index is 0.00306. The fourth-order valence-corrected chi connectivity index (χ4v) is 5.59. The highest BCUT2D eigenvalue weighted by atomic mass is 31.2. The van der Waals surface area contributed by atoms with E-state index in [0.717, 1.165) is 0 Å². The fourth-order valence-electron chi connectivity index (χ4n) is 4.09. The second-order valence-corrected chi connectivity index (χ2v) is 11.0. The highest BCUT2D eigenvalue weighted by Crippen LogP contribution is 2.57. The molecule has 2 fully saturated rings. The van der Waals surface area contributed by atoms with Gasteiger partial charge in [-0.05, 0) is 39.2 Å². The predicted octanol–water partition coefficient (Wildman–Crippen LogP) is 1.90. The molecular formula is C21H33N2O9P. The molecule has 3 aliphatic rings. The van der Waals surface area contributed by atoms with Crippen LogP contribution in [-0.2, 0) is 42.0 Å². The number of amides is 1. The monoisotopic (exact) mass is 488 g/mol. The smallest absolute Gasteiger partial charge is 0.463 e. The third-order valence-corrected chi connectivity index (χ3v) is 7.30. The van der Waals surface area contributed by atoms with E-state index < -0.39 is 43.6 Å². The van der Waals surface area contributed by atoms with Crippen LogP contribution in [0.5, 0.6) is 0 Å². The molecule has 0 aliphatic carbocycles. The van der Waals surface area contributed by atoms with Crippen molar-refractivity contribution in [2.75, 3.05) is 13.2 Å². The largest absolute Gasteiger partial charge is 0.475 e. The number of ketones is 1. The van der Waals surface area contributed by atoms with E-state index in [-0.39, 0.29) is 49.8 Å². The van der Waals surface area contributed by atoms with Crippen LogP contribution in [0.3, 0.4) is 0 Å². The number of ether oxygens (including phenoxy) is 2. The van der Waals surface area contributed by atoms with Crippen molar-refractivity contribution in [3.8, 4) is 0 Å². The van der Waals surface area contributed by atoms with Crippen LogP contribution >= 0.6 is 7.82 Å². The Morgan fingerprint density at radius 3 is 2.64 bits per heavy atom. The number of nitrogens with zero attached hydrogens (tertiary/aromatic N) is 1. The first-order chi connectivity index (χ1) is 15.3. The van der Waals surface area contributed by atoms with Crippen molar-refractivity contribution in [3.63, 3.8) is 0 Å². The molecule has 186 valence electrons. The van der Waals surface area contributed by atoms with Gasteiger partial charge in [-0.15, -0.1) is 0 Å². The number of phosphoric ester groups is 1. The Morgan fingerprint density at radius 2 is 2.03 bits per heavy atom. The molecule has 0 radical (unpaired) electrons. The minimum atomic E-state index is -3.99. The fraction of sp³-hybridized carbons (Fsp3) is 0.762. The molecule has 0 bridgehead atoms. The molecule has 6 atom stereocenters. The lowest BCUT2D eigenvalue weighted by Crippen LogP contribution is -2.60. The average Bonchev–Trinajstić information content (AvgIpc) is 2.94. The van der Waals surface area contributed by atoms with Crippen molar-refractivity contribution >= 4 is 25.5 Å². The summed E-state index contributed by atoms with van der Waals surface area (Å²) in [5.41, 5.74) is 5.22. The lowest BCUT2D eigenvalue weighted by molar-refractivity contribution is -0.154. The third kappa shape index (κ3) is 5.72. The first-order valence-electron chi connectivity index (χ1n) is 11.1. The predicted molar refractivity (Wildman–Crippen MR) is 115 cm³/mol. The Labute approximate surface area is 193 Å². The minimum Gasteiger partial charge on any atom is -0.463 e. The number of allylic oxidation sites excluding steroid dienone is 1. The lowest BCUT2D eigenvalue weighted by atomic mass is 9.92. The van der Waals surface area contributed by atoms with Crippen molar-refractivity contribution in [1.29, 1.82) is 0 Å². The summed E-state index contributed by atoms with van der Waals surface area (Å²) in [7, 11) is -3.99. The number of rotatable bonds is 8. The number of phosphoric acid groups is 1. The van der Waals surface area contributed by atoms with Crippen molar-refractivity contribution in [1.82, 2.24) is 4.90 Å². The molecule has 1 unspecified atom stereocenters. The van der Waals surface area contributed by atoms with Gasteiger partial charge < -0.3 is 15.2 Å². The topological polar surface area (TPSA) is 144 Å². The number of carbonyl (C=O) groups is 3. The lowest BCUT2D eigenvalue weighted by Gasteiger charge is -2.38. The molecule has 3 heterocycles. The van der Waals surface area contributed by atoms with Crippen molar-refractivity contribution < 1.29 is 42.0 Å². The van der Waals surface area contributed by atoms with Gasteiger partial charge in [0, 0.05) is 6.20 Å². The van der Waals surface area contributed by atoms with E-state index in [9.17, 15) is 18.9 Å². The summed E-state index contributed by atoms with van der Waals surface area (Å²) in [5, 5.41) is 0. The zero-order valence-electron chi connectivity index (χ0n) is 19.6. The zero-order valence-corrected chi connectivity index (χ0v) is 20.5. The molecule has 0 saturated carbocycles. The maximum absolute atomic E-state index is 13.1. The average molecular weight is 488 g/mol. The molecule has 3 aliphatic heterocycles. The molecule has 11 nitrogen and oxygen atoms in total. The van der Waals surface area contributed by atoms with Crippen LogP contribution in [0.25, 0.3) is 0 Å². The van der Waals surface area contributed by atoms with Crippen LogP contribution in [-0.4, -0.2) is 65.9 Å². The van der Waals surface area contributed by atoms with Gasteiger partial charge in [0.05, 0.1) is 37.2 Å². The Balaban J connectivity index is 1.63. The first-order valence-corrected chi connectivity index (χ1v) is 12.5. The van der Waals surface area contributed by atoms with Gasteiger partial charge in [-0.3, -0.25) is 32.9 Å². The van der Waals surface area contributed by atoms with Gasteiger partial charge in [-0.25, -0.2) is 4.57 Å². The van der Waals surface area contributed by atoms with E-state index in [1.165, 1.54) is 17.2 Å². The Morgan fingerprint density at radius 1 is 1.33 bits per heavy atom. The maximum Gasteiger partial charge on any atom is 0.475 e. The van der Waals surface area contributed by atoms with E-state index in [1.54, 1.807) is 20.8 Å². The van der Waals surface area contributed by atoms with Crippen molar-refractivity contribution in [3.05, 3.63) is 12.3 Å². The summed E-state index contributed by atoms with van der Waals surface area (Å²) in [6, 6.07) is 0. The van der Waals surface area contributed by atoms with Crippen LogP contribution < -0.4 is 5.73 Å². The summed E-state index contributed by atoms with van der Waals surface area (Å²) in [6.45, 7) is 8.79. The number of esters is 1. The van der Waals surface area contributed by atoms with Crippen molar-refractivity contribution in [2.45, 2.75) is 77.5 Å². The van der Waals surface area contributed by atoms with E-state index in [1.807, 2.05) is 13.8 Å². The molecule has 2 N–H and O–H groups in total. The summed E-state index contributed by atoms with van der Waals surface area (Å²) in [6.07, 6.45) is -0.130. The Hall–Kier alpha value is -1.62. The SMILES string of the molecule is CC(C)OC(=O)C(CCO[P@@]1(=O)OC[C@H]2O[C@@H](N3C=CC(=O)CC3=O)[C@](C)(N)[C@@H]2O1)C(C)C. The molecular weight excluding hydrogens is 455 g/mol. The van der Waals surface area contributed by atoms with Crippen LogP contribution in [0.4, 0.5) is 0 Å². The number of hydrogen-bond acceptors (Lipinski definition) is 10. The summed E-state index contributed by atoms with van der Waals surface area (Å²) >= 11 is 0. The maximum atomic E-state index is 13.1. The summed E-state index contributed by atoms with van der Waals surface area (Å²) < 4.78 is 40.8. The molecule has 0 aromatic rings. The molecule has 0 aromatic carbocycles. The molecule has 2 saturated heterocycles. The van der Waals surface area contributed by atoms with E-state index in [0.29, 0.717) is 0 Å². The normalized spacial score (nSPS) is 35.3. The molecule has 33 heavy (non-hydrogen) atoms. The van der Waals surface area contributed by atoms with Gasteiger partial charge in [0.15, 0.2) is 12.0 Å². The molecule has 0 spiro atoms. The first kappa shape index (κ1) is 26.0. The van der Waals surface area contributed by atoms with Gasteiger partial charge >= 0.3 is 13.8 Å². The Bertz CT molecular complexity index is 857.